The van der Waals surface area contributed by atoms with E-state index >= 15 is 0 Å². The van der Waals surface area contributed by atoms with E-state index < -0.39 is 88.1 Å². The lowest BCUT2D eigenvalue weighted by Crippen LogP contribution is -2.56. The molecule has 6 rings (SSSR count). The van der Waals surface area contributed by atoms with Crippen molar-refractivity contribution >= 4 is 42.7 Å². The number of halogens is 3. The lowest BCUT2D eigenvalue weighted by atomic mass is 9.72. The molecule has 8 N–H and O–H groups in total. The van der Waals surface area contributed by atoms with Crippen LogP contribution in [0.1, 0.15) is 51.5 Å². The molecule has 2 fully saturated rings. The fourth-order valence-electron chi connectivity index (χ4n) is 6.93. The van der Waals surface area contributed by atoms with Crippen LogP contribution in [0.15, 0.2) is 42.5 Å². The fourth-order valence-corrected chi connectivity index (χ4v) is 7.18. The minimum Gasteiger partial charge on any atom is -0.534 e. The number of imide groups is 1. The molecule has 2 saturated heterocycles. The molecule has 0 spiro atoms. The number of aromatic carboxylic acids is 1. The maximum atomic E-state index is 14.7. The van der Waals surface area contributed by atoms with Crippen LogP contribution in [0.2, 0.25) is 5.02 Å². The smallest absolute Gasteiger partial charge is 0.534 e. The maximum Gasteiger partial charge on any atom is 0.547 e. The summed E-state index contributed by atoms with van der Waals surface area (Å²) in [6, 6.07) is 7.00. The number of rotatable bonds is 9. The van der Waals surface area contributed by atoms with Crippen molar-refractivity contribution in [1.82, 2.24) is 25.3 Å². The summed E-state index contributed by atoms with van der Waals surface area (Å²) in [6.45, 7) is 2.75. The molecule has 0 saturated carbocycles. The first kappa shape index (κ1) is 37.6. The number of piperidine rings is 1. The number of urea groups is 2. The summed E-state index contributed by atoms with van der Waals surface area (Å²) < 4.78 is 34.2. The molecule has 5 amide bonds. The molecule has 3 aromatic carbocycles. The van der Waals surface area contributed by atoms with Gasteiger partial charge in [-0.15, -0.1) is 0 Å². The minimum absolute atomic E-state index is 0.0392. The van der Waals surface area contributed by atoms with E-state index in [-0.39, 0.29) is 31.1 Å². The zero-order valence-electron chi connectivity index (χ0n) is 28.1. The van der Waals surface area contributed by atoms with Crippen molar-refractivity contribution < 1.29 is 53.0 Å². The van der Waals surface area contributed by atoms with Gasteiger partial charge in [-0.3, -0.25) is 9.69 Å². The highest BCUT2D eigenvalue weighted by atomic mass is 35.5. The fraction of sp³-hybridized carbons (Fsp3) is 0.353. The molecule has 3 heterocycles. The van der Waals surface area contributed by atoms with Crippen LogP contribution in [-0.4, -0.2) is 104 Å². The number of nitrogens with two attached hydrogens (primary N) is 1. The standard InChI is InChI=1S/C34H36BClF2N6O9/c36-26-21(14-23(38)28(45)29(26)46)27(31(47)40-24-13-19-4-5-22(37)25(32(48)49)30(19)53-35(24)52)41-33(50)44-11-10-43(34(44)51)20-6-8-42(9-7-20)16-18-3-1-2-17(12-18)15-39/h1-5,12,14,20,24,27,45-46,52H,6-11,13,15-16,39H2,(H,40,47)(H,41,50)(H,48,49)/t24-,27+/m0/s1. The Hall–Kier alpha value is -5.17. The van der Waals surface area contributed by atoms with Crippen molar-refractivity contribution in [3.63, 3.8) is 0 Å². The van der Waals surface area contributed by atoms with Crippen LogP contribution in [-0.2, 0) is 24.3 Å². The van der Waals surface area contributed by atoms with Crippen molar-refractivity contribution in [2.45, 2.75) is 50.4 Å². The lowest BCUT2D eigenvalue weighted by molar-refractivity contribution is -0.123. The molecule has 3 aliphatic heterocycles. The highest BCUT2D eigenvalue weighted by Gasteiger charge is 2.43. The average Bonchev–Trinajstić information content (AvgIpc) is 3.52. The zero-order chi connectivity index (χ0) is 38.1. The quantitative estimate of drug-likeness (QED) is 0.124. The van der Waals surface area contributed by atoms with E-state index in [4.69, 9.17) is 22.0 Å². The number of nitrogens with one attached hydrogen (secondary N) is 2. The van der Waals surface area contributed by atoms with Crippen LogP contribution in [0.5, 0.6) is 17.2 Å². The normalized spacial score (nSPS) is 18.4. The van der Waals surface area contributed by atoms with Crippen molar-refractivity contribution in [3.05, 3.63) is 86.9 Å². The highest BCUT2D eigenvalue weighted by molar-refractivity contribution is 6.47. The number of amides is 5. The van der Waals surface area contributed by atoms with E-state index in [0.717, 1.165) is 28.6 Å². The van der Waals surface area contributed by atoms with Crippen LogP contribution in [0.4, 0.5) is 18.4 Å². The summed E-state index contributed by atoms with van der Waals surface area (Å²) in [5, 5.41) is 44.4. The maximum absolute atomic E-state index is 14.7. The topological polar surface area (TPSA) is 218 Å². The summed E-state index contributed by atoms with van der Waals surface area (Å²) >= 11 is 6.21. The Kier molecular flexibility index (Phi) is 10.9. The van der Waals surface area contributed by atoms with Gasteiger partial charge in [-0.25, -0.2) is 28.1 Å². The third kappa shape index (κ3) is 7.66. The van der Waals surface area contributed by atoms with Crippen molar-refractivity contribution in [3.8, 4) is 17.2 Å². The van der Waals surface area contributed by atoms with Crippen molar-refractivity contribution in [2.75, 3.05) is 26.2 Å². The van der Waals surface area contributed by atoms with Crippen LogP contribution in [0.3, 0.4) is 0 Å². The van der Waals surface area contributed by atoms with E-state index in [1.165, 1.54) is 6.07 Å². The number of carboxylic acids is 1. The summed E-state index contributed by atoms with van der Waals surface area (Å²) in [6.07, 6.45) is 1.05. The molecule has 3 aliphatic rings. The van der Waals surface area contributed by atoms with Crippen molar-refractivity contribution in [2.24, 2.45) is 5.73 Å². The average molecular weight is 757 g/mol. The van der Waals surface area contributed by atoms with Crippen molar-refractivity contribution in [1.29, 1.82) is 0 Å². The Morgan fingerprint density at radius 1 is 1.02 bits per heavy atom. The Morgan fingerprint density at radius 2 is 1.74 bits per heavy atom. The van der Waals surface area contributed by atoms with E-state index in [1.807, 2.05) is 18.2 Å². The van der Waals surface area contributed by atoms with Gasteiger partial charge in [0.15, 0.2) is 17.3 Å². The molecule has 0 radical (unpaired) electrons. The van der Waals surface area contributed by atoms with Gasteiger partial charge in [0.2, 0.25) is 5.91 Å². The van der Waals surface area contributed by atoms with Gasteiger partial charge in [-0.05, 0) is 48.1 Å². The van der Waals surface area contributed by atoms with Gasteiger partial charge < -0.3 is 46.3 Å². The molecule has 53 heavy (non-hydrogen) atoms. The van der Waals surface area contributed by atoms with Gasteiger partial charge in [-0.2, -0.15) is 0 Å². The molecule has 3 aromatic rings. The number of carbonyl (C=O) groups excluding carboxylic acids is 3. The number of aromatic hydroxyl groups is 2. The van der Waals surface area contributed by atoms with Gasteiger partial charge >= 0.3 is 25.1 Å². The number of hydrogen-bond donors (Lipinski definition) is 7. The SMILES string of the molecule is NCc1cccc(CN2CCC(N3CCN(C(=O)N[C@@H](C(=O)N[C@H]4Cc5ccc(F)c(C(=O)O)c5OB4O)c4cc(F)c(O)c(O)c4Cl)C3=O)CC2)c1. The number of benzene rings is 3. The number of carboxylic acid groups (broad SMARTS) is 1. The number of carbonyl (C=O) groups is 4. The summed E-state index contributed by atoms with van der Waals surface area (Å²) in [5.74, 6) is -9.33. The number of phenols is 2. The van der Waals surface area contributed by atoms with Gasteiger partial charge in [0, 0.05) is 50.9 Å². The Bertz CT molecular complexity index is 1950. The Morgan fingerprint density at radius 3 is 2.43 bits per heavy atom. The summed E-state index contributed by atoms with van der Waals surface area (Å²) in [7, 11) is -1.90. The number of hydrogen-bond acceptors (Lipinski definition) is 10. The molecule has 0 bridgehead atoms. The third-order valence-corrected chi connectivity index (χ3v) is 10.1. The largest absolute Gasteiger partial charge is 0.547 e. The molecule has 2 atom stereocenters. The van der Waals surface area contributed by atoms with E-state index in [1.54, 1.807) is 4.90 Å². The second kappa shape index (κ2) is 15.4. The Balaban J connectivity index is 1.16. The van der Waals surface area contributed by atoms with Crippen LogP contribution >= 0.6 is 11.6 Å². The first-order chi connectivity index (χ1) is 25.3. The lowest BCUT2D eigenvalue weighted by Gasteiger charge is -2.36. The Labute approximate surface area is 307 Å². The third-order valence-electron chi connectivity index (χ3n) is 9.71. The van der Waals surface area contributed by atoms with E-state index in [9.17, 15) is 48.3 Å². The number of phenolic OH excluding ortho intramolecular Hbond substituents is 2. The highest BCUT2D eigenvalue weighted by Crippen LogP contribution is 2.41. The molecular formula is C34H36BClF2N6O9. The molecule has 19 heteroatoms. The first-order valence-electron chi connectivity index (χ1n) is 16.8. The number of nitrogens with zero attached hydrogens (tertiary/aromatic N) is 3. The van der Waals surface area contributed by atoms with E-state index in [2.05, 4.69) is 21.6 Å². The van der Waals surface area contributed by atoms with E-state index in [0.29, 0.717) is 38.5 Å². The number of fused-ring (bicyclic) bond motifs is 1. The van der Waals surface area contributed by atoms with Crippen LogP contribution in [0, 0.1) is 11.6 Å². The predicted octanol–water partition coefficient (Wildman–Crippen LogP) is 2.48. The van der Waals surface area contributed by atoms with Gasteiger partial charge in [0.25, 0.3) is 0 Å². The molecule has 0 aromatic heterocycles. The predicted molar refractivity (Wildman–Crippen MR) is 185 cm³/mol. The van der Waals surface area contributed by atoms with Gasteiger partial charge in [-0.1, -0.05) is 41.9 Å². The molecule has 0 unspecified atom stereocenters. The monoisotopic (exact) mass is 756 g/mol. The van der Waals surface area contributed by atoms with Crippen LogP contribution in [0.25, 0.3) is 0 Å². The van der Waals surface area contributed by atoms with Gasteiger partial charge in [0.1, 0.15) is 23.2 Å². The second-order valence-corrected chi connectivity index (χ2v) is 13.4. The zero-order valence-corrected chi connectivity index (χ0v) is 28.9. The summed E-state index contributed by atoms with van der Waals surface area (Å²) in [4.78, 5) is 57.4. The molecule has 280 valence electrons. The number of likely N-dealkylation sites (tertiary alicyclic amines) is 1. The molecule has 0 aliphatic carbocycles. The van der Waals surface area contributed by atoms with Gasteiger partial charge in [0.05, 0.1) is 11.0 Å². The minimum atomic E-state index is -1.91. The second-order valence-electron chi connectivity index (χ2n) is 13.0. The molecular weight excluding hydrogens is 721 g/mol. The van der Waals surface area contributed by atoms with Crippen LogP contribution < -0.4 is 21.0 Å². The first-order valence-corrected chi connectivity index (χ1v) is 17.1. The molecule has 15 nitrogen and oxygen atoms in total. The summed E-state index contributed by atoms with van der Waals surface area (Å²) in [5.41, 5.74) is 6.74.